The van der Waals surface area contributed by atoms with Crippen LogP contribution in [0.1, 0.15) is 23.7 Å². The van der Waals surface area contributed by atoms with Gasteiger partial charge in [0.15, 0.2) is 12.4 Å². The molecular formula is C14H15NO5. The summed E-state index contributed by atoms with van der Waals surface area (Å²) in [5, 5.41) is 2.64. The zero-order chi connectivity index (χ0) is 14.7. The fraction of sp³-hybridized carbons (Fsp3) is 0.357. The largest absolute Gasteiger partial charge is 0.482 e. The predicted octanol–water partition coefficient (Wildman–Crippen LogP) is 1.40. The number of carbonyl (C=O) groups is 3. The highest BCUT2D eigenvalue weighted by Gasteiger charge is 2.22. The summed E-state index contributed by atoms with van der Waals surface area (Å²) in [5.41, 5.74) is 0.892. The van der Waals surface area contributed by atoms with Gasteiger partial charge in [0.25, 0.3) is 5.91 Å². The maximum Gasteiger partial charge on any atom is 0.306 e. The van der Waals surface area contributed by atoms with Gasteiger partial charge in [-0.05, 0) is 18.2 Å². The van der Waals surface area contributed by atoms with Crippen LogP contribution in [0.4, 0.5) is 5.69 Å². The van der Waals surface area contributed by atoms with Crippen molar-refractivity contribution in [3.63, 3.8) is 0 Å². The van der Waals surface area contributed by atoms with E-state index >= 15 is 0 Å². The first-order chi connectivity index (χ1) is 9.51. The van der Waals surface area contributed by atoms with Gasteiger partial charge in [-0.3, -0.25) is 14.4 Å². The molecular weight excluding hydrogens is 262 g/mol. The normalized spacial score (nSPS) is 14.6. The van der Waals surface area contributed by atoms with Gasteiger partial charge in [0, 0.05) is 11.5 Å². The average molecular weight is 277 g/mol. The summed E-state index contributed by atoms with van der Waals surface area (Å²) < 4.78 is 9.76. The maximum absolute atomic E-state index is 12.2. The van der Waals surface area contributed by atoms with E-state index in [9.17, 15) is 14.4 Å². The second kappa shape index (κ2) is 5.73. The van der Waals surface area contributed by atoms with E-state index in [1.54, 1.807) is 25.1 Å². The molecule has 1 aliphatic rings. The number of anilines is 1. The molecule has 6 heteroatoms. The summed E-state index contributed by atoms with van der Waals surface area (Å²) in [6.07, 6.45) is 0.0231. The lowest BCUT2D eigenvalue weighted by Gasteiger charge is -2.18. The number of amides is 1. The number of hydrogen-bond donors (Lipinski definition) is 1. The molecule has 1 N–H and O–H groups in total. The van der Waals surface area contributed by atoms with Gasteiger partial charge in [0.2, 0.25) is 0 Å². The second-order valence-electron chi connectivity index (χ2n) is 4.59. The maximum atomic E-state index is 12.2. The summed E-state index contributed by atoms with van der Waals surface area (Å²) in [6, 6.07) is 4.81. The van der Waals surface area contributed by atoms with Crippen LogP contribution in [0.15, 0.2) is 18.2 Å². The van der Waals surface area contributed by atoms with Crippen molar-refractivity contribution in [2.24, 2.45) is 5.92 Å². The Kier molecular flexibility index (Phi) is 4.02. The summed E-state index contributed by atoms with van der Waals surface area (Å²) >= 11 is 0. The van der Waals surface area contributed by atoms with Crippen LogP contribution in [-0.4, -0.2) is 31.4 Å². The van der Waals surface area contributed by atoms with Crippen LogP contribution >= 0.6 is 0 Å². The predicted molar refractivity (Wildman–Crippen MR) is 70.7 cm³/mol. The minimum Gasteiger partial charge on any atom is -0.482 e. The van der Waals surface area contributed by atoms with Crippen LogP contribution in [0.2, 0.25) is 0 Å². The molecule has 2 rings (SSSR count). The van der Waals surface area contributed by atoms with Crippen molar-refractivity contribution in [1.82, 2.24) is 0 Å². The van der Waals surface area contributed by atoms with E-state index in [1.165, 1.54) is 7.11 Å². The molecule has 0 saturated carbocycles. The standard InChI is InChI=1S/C14H15NO5/c1-8(5-13(17)19-2)14(18)9-3-4-11-10(6-9)15-12(16)7-20-11/h3-4,6,8H,5,7H2,1-2H3,(H,15,16). The third-order valence-electron chi connectivity index (χ3n) is 3.05. The number of hydrogen-bond acceptors (Lipinski definition) is 5. The molecule has 0 spiro atoms. The van der Waals surface area contributed by atoms with Gasteiger partial charge in [0.05, 0.1) is 19.2 Å². The number of methoxy groups -OCH3 is 1. The Morgan fingerprint density at radius 2 is 2.20 bits per heavy atom. The second-order valence-corrected chi connectivity index (χ2v) is 4.59. The minimum absolute atomic E-state index is 0.0231. The van der Waals surface area contributed by atoms with Crippen molar-refractivity contribution in [2.45, 2.75) is 13.3 Å². The molecule has 1 unspecified atom stereocenters. The lowest BCUT2D eigenvalue weighted by molar-refractivity contribution is -0.141. The van der Waals surface area contributed by atoms with Crippen LogP contribution in [0.5, 0.6) is 5.75 Å². The molecule has 1 aromatic carbocycles. The molecule has 0 aromatic heterocycles. The highest BCUT2D eigenvalue weighted by molar-refractivity contribution is 6.02. The van der Waals surface area contributed by atoms with E-state index in [-0.39, 0.29) is 24.7 Å². The average Bonchev–Trinajstić information content (AvgIpc) is 2.45. The first-order valence-electron chi connectivity index (χ1n) is 6.19. The monoisotopic (exact) mass is 277 g/mol. The third-order valence-corrected chi connectivity index (χ3v) is 3.05. The topological polar surface area (TPSA) is 81.7 Å². The van der Waals surface area contributed by atoms with Crippen LogP contribution in [-0.2, 0) is 14.3 Å². The molecule has 6 nitrogen and oxygen atoms in total. The summed E-state index contributed by atoms with van der Waals surface area (Å²) in [5.74, 6) is -0.828. The number of nitrogens with one attached hydrogen (secondary N) is 1. The van der Waals surface area contributed by atoms with Gasteiger partial charge in [-0.1, -0.05) is 6.92 Å². The van der Waals surface area contributed by atoms with E-state index in [1.807, 2.05) is 0 Å². The first-order valence-corrected chi connectivity index (χ1v) is 6.19. The molecule has 1 aromatic rings. The Morgan fingerprint density at radius 3 is 2.90 bits per heavy atom. The fourth-order valence-corrected chi connectivity index (χ4v) is 1.95. The number of carbonyl (C=O) groups excluding carboxylic acids is 3. The van der Waals surface area contributed by atoms with Crippen molar-refractivity contribution in [1.29, 1.82) is 0 Å². The van der Waals surface area contributed by atoms with Gasteiger partial charge >= 0.3 is 5.97 Å². The molecule has 1 amide bonds. The van der Waals surface area contributed by atoms with Crippen LogP contribution in [0.3, 0.4) is 0 Å². The molecule has 0 fully saturated rings. The summed E-state index contributed by atoms with van der Waals surface area (Å²) in [4.78, 5) is 34.6. The van der Waals surface area contributed by atoms with Crippen molar-refractivity contribution in [3.8, 4) is 5.75 Å². The van der Waals surface area contributed by atoms with Crippen LogP contribution < -0.4 is 10.1 Å². The molecule has 0 aliphatic carbocycles. The van der Waals surface area contributed by atoms with Gasteiger partial charge < -0.3 is 14.8 Å². The van der Waals surface area contributed by atoms with Crippen molar-refractivity contribution in [3.05, 3.63) is 23.8 Å². The van der Waals surface area contributed by atoms with Crippen LogP contribution in [0, 0.1) is 5.92 Å². The molecule has 1 heterocycles. The van der Waals surface area contributed by atoms with Gasteiger partial charge in [-0.25, -0.2) is 0 Å². The Balaban J connectivity index is 2.16. The number of Topliss-reactive ketones (excluding diaryl/α,β-unsaturated/α-hetero) is 1. The van der Waals surface area contributed by atoms with Crippen molar-refractivity contribution in [2.75, 3.05) is 19.0 Å². The number of fused-ring (bicyclic) bond motifs is 1. The highest BCUT2D eigenvalue weighted by atomic mass is 16.5. The van der Waals surface area contributed by atoms with E-state index in [0.717, 1.165) is 0 Å². The lowest BCUT2D eigenvalue weighted by atomic mass is 9.96. The number of ketones is 1. The quantitative estimate of drug-likeness (QED) is 0.664. The molecule has 0 saturated heterocycles. The fourth-order valence-electron chi connectivity index (χ4n) is 1.95. The number of ether oxygens (including phenoxy) is 2. The Morgan fingerprint density at radius 1 is 1.45 bits per heavy atom. The lowest BCUT2D eigenvalue weighted by Crippen LogP contribution is -2.25. The molecule has 106 valence electrons. The number of esters is 1. The minimum atomic E-state index is -0.485. The Hall–Kier alpha value is -2.37. The summed E-state index contributed by atoms with van der Waals surface area (Å²) in [6.45, 7) is 1.63. The summed E-state index contributed by atoms with van der Waals surface area (Å²) in [7, 11) is 1.28. The molecule has 1 atom stereocenters. The van der Waals surface area contributed by atoms with E-state index in [2.05, 4.69) is 10.1 Å². The molecule has 1 aliphatic heterocycles. The van der Waals surface area contributed by atoms with Crippen LogP contribution in [0.25, 0.3) is 0 Å². The number of benzene rings is 1. The zero-order valence-electron chi connectivity index (χ0n) is 11.3. The number of rotatable bonds is 4. The highest BCUT2D eigenvalue weighted by Crippen LogP contribution is 2.29. The van der Waals surface area contributed by atoms with E-state index in [0.29, 0.717) is 17.0 Å². The smallest absolute Gasteiger partial charge is 0.306 e. The molecule has 0 radical (unpaired) electrons. The third kappa shape index (κ3) is 2.96. The first kappa shape index (κ1) is 14.0. The zero-order valence-corrected chi connectivity index (χ0v) is 11.3. The Bertz CT molecular complexity index is 567. The van der Waals surface area contributed by atoms with Gasteiger partial charge in [0.1, 0.15) is 5.75 Å². The van der Waals surface area contributed by atoms with Crippen molar-refractivity contribution < 1.29 is 23.9 Å². The molecule has 0 bridgehead atoms. The SMILES string of the molecule is COC(=O)CC(C)C(=O)c1ccc2c(c1)NC(=O)CO2. The van der Waals surface area contributed by atoms with Gasteiger partial charge in [-0.15, -0.1) is 0 Å². The van der Waals surface area contributed by atoms with Crippen molar-refractivity contribution >= 4 is 23.3 Å². The molecule has 20 heavy (non-hydrogen) atoms. The van der Waals surface area contributed by atoms with Gasteiger partial charge in [-0.2, -0.15) is 0 Å². The Labute approximate surface area is 116 Å². The van der Waals surface area contributed by atoms with E-state index < -0.39 is 11.9 Å². The van der Waals surface area contributed by atoms with E-state index in [4.69, 9.17) is 4.74 Å².